The predicted molar refractivity (Wildman–Crippen MR) is 240 cm³/mol. The number of fused-ring (bicyclic) bond motifs is 9. The van der Waals surface area contributed by atoms with Gasteiger partial charge in [0.2, 0.25) is 0 Å². The lowest BCUT2D eigenvalue weighted by atomic mass is 10.0. The van der Waals surface area contributed by atoms with Gasteiger partial charge in [0.15, 0.2) is 17.5 Å². The van der Waals surface area contributed by atoms with Crippen molar-refractivity contribution in [3.63, 3.8) is 0 Å². The van der Waals surface area contributed by atoms with Crippen LogP contribution in [0.15, 0.2) is 200 Å². The SMILES string of the molecule is c1ccc(-c2nc(-c3ccc4c(c3)c3ccccc3n4-c3ccccc3)nc(-c3ccc(-n4c5ccccc5c5c6ccccc6ccc54)c4ccccc34)n2)cc1. The third-order valence-corrected chi connectivity index (χ3v) is 11.6. The van der Waals surface area contributed by atoms with Gasteiger partial charge in [-0.1, -0.05) is 140 Å². The second kappa shape index (κ2) is 12.8. The van der Waals surface area contributed by atoms with Crippen molar-refractivity contribution in [3.8, 4) is 45.5 Å². The van der Waals surface area contributed by atoms with Gasteiger partial charge in [0.1, 0.15) is 0 Å². The van der Waals surface area contributed by atoms with E-state index < -0.39 is 0 Å². The van der Waals surface area contributed by atoms with E-state index in [0.717, 1.165) is 55.3 Å². The van der Waals surface area contributed by atoms with Crippen LogP contribution in [0.5, 0.6) is 0 Å². The molecule has 0 saturated heterocycles. The number of hydrogen-bond donors (Lipinski definition) is 0. The molecule has 0 aliphatic rings. The van der Waals surface area contributed by atoms with E-state index in [2.05, 4.69) is 191 Å². The Bertz CT molecular complexity index is 3560. The Kier molecular flexibility index (Phi) is 7.16. The first-order chi connectivity index (χ1) is 28.8. The van der Waals surface area contributed by atoms with Crippen molar-refractivity contribution in [3.05, 3.63) is 200 Å². The van der Waals surface area contributed by atoms with Crippen LogP contribution in [-0.2, 0) is 0 Å². The molecule has 0 spiro atoms. The largest absolute Gasteiger partial charge is 0.309 e. The van der Waals surface area contributed by atoms with Gasteiger partial charge in [-0.05, 0) is 76.8 Å². The van der Waals surface area contributed by atoms with Gasteiger partial charge < -0.3 is 9.13 Å². The number of rotatable bonds is 5. The molecule has 12 aromatic rings. The minimum absolute atomic E-state index is 0.629. The average molecular weight is 740 g/mol. The molecule has 58 heavy (non-hydrogen) atoms. The first-order valence-corrected chi connectivity index (χ1v) is 19.6. The molecule has 5 nitrogen and oxygen atoms in total. The van der Waals surface area contributed by atoms with Crippen LogP contribution in [0.4, 0.5) is 0 Å². The molecule has 0 fully saturated rings. The fourth-order valence-corrected chi connectivity index (χ4v) is 8.98. The van der Waals surface area contributed by atoms with Crippen molar-refractivity contribution in [2.24, 2.45) is 0 Å². The lowest BCUT2D eigenvalue weighted by molar-refractivity contribution is 1.08. The van der Waals surface area contributed by atoms with Crippen molar-refractivity contribution in [1.82, 2.24) is 24.1 Å². The van der Waals surface area contributed by atoms with Crippen LogP contribution in [0.2, 0.25) is 0 Å². The molecule has 0 saturated carbocycles. The standard InChI is InChI=1S/C53H33N5/c1-3-16-35(17-4-1)51-54-52(36-28-30-48-44(33-36)41-23-11-13-25-45(41)57(48)37-18-5-2-6-19-37)56-53(55-51)42-29-32-47(40-22-10-9-21-39(40)42)58-46-26-14-12-24-43(46)50-38-20-8-7-15-34(38)27-31-49(50)58/h1-33H. The van der Waals surface area contributed by atoms with E-state index in [1.807, 2.05) is 18.2 Å². The maximum atomic E-state index is 5.29. The highest BCUT2D eigenvalue weighted by Crippen LogP contribution is 2.41. The average Bonchev–Trinajstić information content (AvgIpc) is 3.82. The summed E-state index contributed by atoms with van der Waals surface area (Å²) in [6.45, 7) is 0. The molecule has 9 aromatic carbocycles. The van der Waals surface area contributed by atoms with Crippen LogP contribution in [-0.4, -0.2) is 24.1 Å². The van der Waals surface area contributed by atoms with E-state index in [-0.39, 0.29) is 0 Å². The van der Waals surface area contributed by atoms with Gasteiger partial charge in [-0.3, -0.25) is 0 Å². The summed E-state index contributed by atoms with van der Waals surface area (Å²) in [5.41, 5.74) is 9.70. The second-order valence-corrected chi connectivity index (χ2v) is 14.8. The number of hydrogen-bond acceptors (Lipinski definition) is 3. The molecule has 12 rings (SSSR count). The molecule has 5 heteroatoms. The Hall–Kier alpha value is -7.89. The summed E-state index contributed by atoms with van der Waals surface area (Å²) in [6, 6.07) is 70.8. The highest BCUT2D eigenvalue weighted by molar-refractivity contribution is 6.22. The number of nitrogens with zero attached hydrogens (tertiary/aromatic N) is 5. The summed E-state index contributed by atoms with van der Waals surface area (Å²) in [4.78, 5) is 15.6. The summed E-state index contributed by atoms with van der Waals surface area (Å²) >= 11 is 0. The monoisotopic (exact) mass is 739 g/mol. The zero-order valence-corrected chi connectivity index (χ0v) is 31.3. The topological polar surface area (TPSA) is 48.5 Å². The first-order valence-electron chi connectivity index (χ1n) is 19.6. The maximum Gasteiger partial charge on any atom is 0.164 e. The summed E-state index contributed by atoms with van der Waals surface area (Å²) in [5.74, 6) is 1.89. The summed E-state index contributed by atoms with van der Waals surface area (Å²) < 4.78 is 4.74. The van der Waals surface area contributed by atoms with Crippen LogP contribution >= 0.6 is 0 Å². The summed E-state index contributed by atoms with van der Waals surface area (Å²) in [7, 11) is 0. The molecule has 0 bridgehead atoms. The maximum absolute atomic E-state index is 5.29. The van der Waals surface area contributed by atoms with Gasteiger partial charge in [0, 0.05) is 49.3 Å². The second-order valence-electron chi connectivity index (χ2n) is 14.8. The van der Waals surface area contributed by atoms with Gasteiger partial charge in [0.25, 0.3) is 0 Å². The fraction of sp³-hybridized carbons (Fsp3) is 0. The van der Waals surface area contributed by atoms with Crippen molar-refractivity contribution in [2.45, 2.75) is 0 Å². The van der Waals surface area contributed by atoms with E-state index in [0.29, 0.717) is 17.5 Å². The highest BCUT2D eigenvalue weighted by atomic mass is 15.0. The van der Waals surface area contributed by atoms with Crippen LogP contribution in [0, 0.1) is 0 Å². The Morgan fingerprint density at radius 2 is 0.879 bits per heavy atom. The molecule has 0 radical (unpaired) electrons. The van der Waals surface area contributed by atoms with E-state index in [1.54, 1.807) is 0 Å². The van der Waals surface area contributed by atoms with Gasteiger partial charge in [-0.25, -0.2) is 15.0 Å². The third kappa shape index (κ3) is 4.93. The third-order valence-electron chi connectivity index (χ3n) is 11.6. The Morgan fingerprint density at radius 1 is 0.310 bits per heavy atom. The molecule has 0 N–H and O–H groups in total. The molecule has 270 valence electrons. The molecule has 3 heterocycles. The van der Waals surface area contributed by atoms with E-state index >= 15 is 0 Å². The number of benzene rings is 9. The molecule has 3 aromatic heterocycles. The van der Waals surface area contributed by atoms with Crippen LogP contribution < -0.4 is 0 Å². The lowest BCUT2D eigenvalue weighted by Crippen LogP contribution is -2.02. The van der Waals surface area contributed by atoms with Crippen molar-refractivity contribution in [2.75, 3.05) is 0 Å². The molecule has 0 amide bonds. The van der Waals surface area contributed by atoms with Gasteiger partial charge in [-0.2, -0.15) is 0 Å². The zero-order chi connectivity index (χ0) is 38.2. The number of aromatic nitrogens is 5. The van der Waals surface area contributed by atoms with Crippen molar-refractivity contribution in [1.29, 1.82) is 0 Å². The molecular formula is C53H33N5. The lowest BCUT2D eigenvalue weighted by Gasteiger charge is -2.15. The van der Waals surface area contributed by atoms with Crippen molar-refractivity contribution >= 4 is 65.2 Å². The minimum atomic E-state index is 0.629. The van der Waals surface area contributed by atoms with Crippen LogP contribution in [0.1, 0.15) is 0 Å². The Balaban J connectivity index is 1.08. The summed E-state index contributed by atoms with van der Waals surface area (Å²) in [5, 5.41) is 9.51. The molecule has 0 aliphatic carbocycles. The van der Waals surface area contributed by atoms with Crippen LogP contribution in [0.25, 0.3) is 111 Å². The van der Waals surface area contributed by atoms with Gasteiger partial charge in [0.05, 0.1) is 27.8 Å². The smallest absolute Gasteiger partial charge is 0.164 e. The quantitative estimate of drug-likeness (QED) is 0.177. The highest BCUT2D eigenvalue weighted by Gasteiger charge is 2.20. The Labute approximate surface area is 333 Å². The molecule has 0 unspecified atom stereocenters. The van der Waals surface area contributed by atoms with E-state index in [1.165, 1.54) is 38.0 Å². The fourth-order valence-electron chi connectivity index (χ4n) is 8.98. The number of para-hydroxylation sites is 3. The van der Waals surface area contributed by atoms with Gasteiger partial charge in [-0.15, -0.1) is 0 Å². The van der Waals surface area contributed by atoms with E-state index in [4.69, 9.17) is 15.0 Å². The van der Waals surface area contributed by atoms with Crippen LogP contribution in [0.3, 0.4) is 0 Å². The first kappa shape index (κ1) is 32.4. The Morgan fingerprint density at radius 3 is 1.67 bits per heavy atom. The minimum Gasteiger partial charge on any atom is -0.309 e. The molecule has 0 atom stereocenters. The molecular weight excluding hydrogens is 707 g/mol. The molecule has 0 aliphatic heterocycles. The predicted octanol–water partition coefficient (Wildman–Crippen LogP) is 13.4. The van der Waals surface area contributed by atoms with Crippen molar-refractivity contribution < 1.29 is 0 Å². The van der Waals surface area contributed by atoms with E-state index in [9.17, 15) is 0 Å². The van der Waals surface area contributed by atoms with Gasteiger partial charge >= 0.3 is 0 Å². The summed E-state index contributed by atoms with van der Waals surface area (Å²) in [6.07, 6.45) is 0. The normalized spacial score (nSPS) is 11.8. The zero-order valence-electron chi connectivity index (χ0n) is 31.3.